The lowest BCUT2D eigenvalue weighted by molar-refractivity contribution is -0.0883. The van der Waals surface area contributed by atoms with Gasteiger partial charge in [-0.05, 0) is 49.9 Å². The van der Waals surface area contributed by atoms with Gasteiger partial charge in [0.05, 0.1) is 22.5 Å². The van der Waals surface area contributed by atoms with Gasteiger partial charge >= 0.3 is 6.18 Å². The lowest BCUT2D eigenvalue weighted by atomic mass is 10.1. The molecule has 1 aromatic heterocycles. The molecule has 3 aromatic rings. The maximum Gasteiger partial charge on any atom is 0.416 e. The fraction of sp³-hybridized carbons (Fsp3) is 0.231. The number of carbonyl (C=O) groups is 1. The van der Waals surface area contributed by atoms with Crippen LogP contribution in [-0.4, -0.2) is 42.2 Å². The number of benzene rings is 2. The number of hydrogen-bond donors (Lipinski definition) is 1. The number of amides is 1. The molecule has 0 unspecified atom stereocenters. The fourth-order valence-electron chi connectivity index (χ4n) is 3.31. The summed E-state index contributed by atoms with van der Waals surface area (Å²) in [5.41, 5.74) is -0.662. The van der Waals surface area contributed by atoms with Gasteiger partial charge < -0.3 is 10.1 Å². The molecule has 0 aliphatic carbocycles. The van der Waals surface area contributed by atoms with Crippen LogP contribution in [0.25, 0.3) is 10.2 Å². The molecule has 3 rings (SSSR count). The van der Waals surface area contributed by atoms with Gasteiger partial charge in [-0.1, -0.05) is 36.4 Å². The number of allylic oxidation sites excluding steroid dienone is 3. The van der Waals surface area contributed by atoms with Gasteiger partial charge in [0.25, 0.3) is 5.91 Å². The number of likely N-dealkylation sites (N-methyl/N-ethyl adjacent to an activating group) is 1. The number of nitrogens with one attached hydrogen (secondary N) is 1. The zero-order chi connectivity index (χ0) is 28.0. The molecule has 0 atom stereocenters. The number of rotatable bonds is 10. The Hall–Kier alpha value is -3.28. The van der Waals surface area contributed by atoms with E-state index in [0.29, 0.717) is 21.1 Å². The molecule has 0 radical (unpaired) electrons. The number of aromatic nitrogens is 1. The van der Waals surface area contributed by atoms with Crippen LogP contribution >= 0.6 is 22.9 Å². The SMILES string of the molecule is C=C(C=CC(=CC)C(F)(F)F)CN(C)CNC(=O)c1c(F)ccc(OCc2nc3cc(Cl)ccc3s2)c1F. The van der Waals surface area contributed by atoms with E-state index in [1.807, 2.05) is 0 Å². The molecule has 38 heavy (non-hydrogen) atoms. The predicted octanol–water partition coefficient (Wildman–Crippen LogP) is 7.05. The number of ether oxygens (including phenoxy) is 1. The number of nitrogens with zero attached hydrogens (tertiary/aromatic N) is 2. The number of fused-ring (bicyclic) bond motifs is 1. The van der Waals surface area contributed by atoms with Crippen molar-refractivity contribution in [1.29, 1.82) is 0 Å². The zero-order valence-electron chi connectivity index (χ0n) is 20.3. The van der Waals surface area contributed by atoms with E-state index in [-0.39, 0.29) is 25.6 Å². The quantitative estimate of drug-likeness (QED) is 0.161. The molecule has 0 aliphatic rings. The van der Waals surface area contributed by atoms with Crippen molar-refractivity contribution in [1.82, 2.24) is 15.2 Å². The van der Waals surface area contributed by atoms with Gasteiger partial charge in [-0.15, -0.1) is 11.3 Å². The summed E-state index contributed by atoms with van der Waals surface area (Å²) < 4.78 is 74.1. The lowest BCUT2D eigenvalue weighted by Crippen LogP contribution is -2.36. The summed E-state index contributed by atoms with van der Waals surface area (Å²) in [6.07, 6.45) is -1.44. The Kier molecular flexibility index (Phi) is 9.64. The highest BCUT2D eigenvalue weighted by atomic mass is 35.5. The first kappa shape index (κ1) is 29.3. The number of alkyl halides is 3. The van der Waals surface area contributed by atoms with E-state index in [4.69, 9.17) is 16.3 Å². The maximum atomic E-state index is 15.0. The number of thiazole rings is 1. The van der Waals surface area contributed by atoms with Crippen molar-refractivity contribution in [2.75, 3.05) is 20.3 Å². The van der Waals surface area contributed by atoms with Crippen molar-refractivity contribution in [2.45, 2.75) is 19.7 Å². The van der Waals surface area contributed by atoms with Crippen molar-refractivity contribution in [3.8, 4) is 5.75 Å². The van der Waals surface area contributed by atoms with E-state index in [1.165, 1.54) is 29.2 Å². The van der Waals surface area contributed by atoms with Crippen molar-refractivity contribution >= 4 is 39.1 Å². The van der Waals surface area contributed by atoms with Crippen molar-refractivity contribution in [3.63, 3.8) is 0 Å². The molecule has 0 fully saturated rings. The van der Waals surface area contributed by atoms with Gasteiger partial charge in [-0.2, -0.15) is 13.2 Å². The van der Waals surface area contributed by atoms with Crippen LogP contribution in [0.1, 0.15) is 22.3 Å². The third-order valence-electron chi connectivity index (χ3n) is 5.15. The summed E-state index contributed by atoms with van der Waals surface area (Å²) in [7, 11) is 1.55. The Labute approximate surface area is 224 Å². The Morgan fingerprint density at radius 2 is 1.97 bits per heavy atom. The molecule has 2 aromatic carbocycles. The first-order valence-corrected chi connectivity index (χ1v) is 12.3. The van der Waals surface area contributed by atoms with Crippen LogP contribution in [0.2, 0.25) is 5.02 Å². The fourth-order valence-corrected chi connectivity index (χ4v) is 4.34. The molecule has 0 saturated heterocycles. The topological polar surface area (TPSA) is 54.5 Å². The van der Waals surface area contributed by atoms with Gasteiger partial charge in [0, 0.05) is 11.6 Å². The van der Waals surface area contributed by atoms with Crippen molar-refractivity contribution < 1.29 is 31.5 Å². The molecule has 12 heteroatoms. The minimum atomic E-state index is -4.49. The van der Waals surface area contributed by atoms with Crippen molar-refractivity contribution in [3.05, 3.63) is 93.5 Å². The Morgan fingerprint density at radius 1 is 1.24 bits per heavy atom. The molecule has 0 saturated carbocycles. The zero-order valence-corrected chi connectivity index (χ0v) is 21.9. The average molecular weight is 572 g/mol. The highest BCUT2D eigenvalue weighted by Crippen LogP contribution is 2.28. The minimum Gasteiger partial charge on any atom is -0.483 e. The highest BCUT2D eigenvalue weighted by Gasteiger charge is 2.30. The first-order valence-electron chi connectivity index (χ1n) is 11.1. The van der Waals surface area contributed by atoms with Gasteiger partial charge in [0.15, 0.2) is 11.6 Å². The molecule has 1 N–H and O–H groups in total. The van der Waals surface area contributed by atoms with Crippen LogP contribution in [0.15, 0.2) is 66.3 Å². The second-order valence-corrected chi connectivity index (χ2v) is 9.71. The van der Waals surface area contributed by atoms with Crippen LogP contribution in [-0.2, 0) is 6.61 Å². The molecule has 1 amide bonds. The van der Waals surface area contributed by atoms with Crippen LogP contribution in [0.4, 0.5) is 22.0 Å². The van der Waals surface area contributed by atoms with Crippen LogP contribution in [0.5, 0.6) is 5.75 Å². The smallest absolute Gasteiger partial charge is 0.416 e. The Bertz CT molecular complexity index is 1400. The van der Waals surface area contributed by atoms with Gasteiger partial charge in [0.2, 0.25) is 0 Å². The minimum absolute atomic E-state index is 0.0904. The molecule has 202 valence electrons. The number of carbonyl (C=O) groups excluding carboxylic acids is 1. The summed E-state index contributed by atoms with van der Waals surface area (Å²) >= 11 is 7.28. The van der Waals surface area contributed by atoms with Crippen LogP contribution < -0.4 is 10.1 Å². The third-order valence-corrected chi connectivity index (χ3v) is 6.39. The lowest BCUT2D eigenvalue weighted by Gasteiger charge is -2.18. The third kappa shape index (κ3) is 7.62. The van der Waals surface area contributed by atoms with E-state index in [2.05, 4.69) is 16.9 Å². The van der Waals surface area contributed by atoms with E-state index in [9.17, 15) is 26.7 Å². The van der Waals surface area contributed by atoms with Gasteiger partial charge in [-0.3, -0.25) is 9.69 Å². The first-order chi connectivity index (χ1) is 17.9. The standard InChI is InChI=1S/C26H23ClF5N3O2S/c1-4-16(26(30,31)32)6-5-15(2)12-35(3)14-33-25(36)23-18(28)8-9-20(24(23)29)37-13-22-34-19-11-17(27)7-10-21(19)38-22/h4-11H,2,12-14H2,1,3H3,(H,33,36). The van der Waals surface area contributed by atoms with E-state index < -0.39 is 34.9 Å². The Morgan fingerprint density at radius 3 is 2.66 bits per heavy atom. The summed E-state index contributed by atoms with van der Waals surface area (Å²) in [6, 6.07) is 7.19. The second kappa shape index (κ2) is 12.5. The summed E-state index contributed by atoms with van der Waals surface area (Å²) in [5.74, 6) is -3.61. The van der Waals surface area contributed by atoms with Crippen LogP contribution in [0, 0.1) is 11.6 Å². The van der Waals surface area contributed by atoms with Crippen LogP contribution in [0.3, 0.4) is 0 Å². The summed E-state index contributed by atoms with van der Waals surface area (Å²) in [4.78, 5) is 18.4. The predicted molar refractivity (Wildman–Crippen MR) is 138 cm³/mol. The maximum absolute atomic E-state index is 15.0. The van der Waals surface area contributed by atoms with E-state index >= 15 is 0 Å². The van der Waals surface area contributed by atoms with Gasteiger partial charge in [0.1, 0.15) is 23.0 Å². The molecule has 1 heterocycles. The molecule has 0 aliphatic heterocycles. The number of hydrogen-bond acceptors (Lipinski definition) is 5. The molecule has 5 nitrogen and oxygen atoms in total. The van der Waals surface area contributed by atoms with Gasteiger partial charge in [-0.25, -0.2) is 13.8 Å². The average Bonchev–Trinajstić information content (AvgIpc) is 3.23. The molecular weight excluding hydrogens is 549 g/mol. The summed E-state index contributed by atoms with van der Waals surface area (Å²) in [6.45, 7) is 4.79. The molecule has 0 bridgehead atoms. The number of halogens is 6. The highest BCUT2D eigenvalue weighted by molar-refractivity contribution is 7.18. The summed E-state index contributed by atoms with van der Waals surface area (Å²) in [5, 5.41) is 3.43. The second-order valence-electron chi connectivity index (χ2n) is 8.15. The van der Waals surface area contributed by atoms with E-state index in [1.54, 1.807) is 25.2 Å². The van der Waals surface area contributed by atoms with Crippen molar-refractivity contribution in [2.24, 2.45) is 0 Å². The molecule has 0 spiro atoms. The van der Waals surface area contributed by atoms with E-state index in [0.717, 1.165) is 29.0 Å². The Balaban J connectivity index is 1.60. The normalized spacial score (nSPS) is 12.5. The molecular formula is C26H23ClF5N3O2S. The monoisotopic (exact) mass is 571 g/mol. The largest absolute Gasteiger partial charge is 0.483 e.